The Morgan fingerprint density at radius 2 is 2.17 bits per heavy atom. The van der Waals surface area contributed by atoms with E-state index in [0.717, 1.165) is 4.88 Å². The van der Waals surface area contributed by atoms with Gasteiger partial charge in [0.15, 0.2) is 5.17 Å². The van der Waals surface area contributed by atoms with Gasteiger partial charge in [-0.25, -0.2) is 9.79 Å². The second kappa shape index (κ2) is 6.13. The van der Waals surface area contributed by atoms with Gasteiger partial charge < -0.3 is 4.74 Å². The Bertz CT molecular complexity index is 707. The summed E-state index contributed by atoms with van der Waals surface area (Å²) in [4.78, 5) is 32.3. The molecule has 5 nitrogen and oxygen atoms in total. The minimum Gasteiger partial charge on any atom is -0.459 e. The van der Waals surface area contributed by atoms with Crippen LogP contribution in [0.5, 0.6) is 0 Å². The number of aliphatic imine (C=N–C) groups is 1. The van der Waals surface area contributed by atoms with Gasteiger partial charge in [-0.3, -0.25) is 9.69 Å². The summed E-state index contributed by atoms with van der Waals surface area (Å²) in [7, 11) is 0. The van der Waals surface area contributed by atoms with E-state index in [0.29, 0.717) is 16.4 Å². The number of rotatable bonds is 3. The van der Waals surface area contributed by atoms with Crippen LogP contribution < -0.4 is 0 Å². The number of fused-ring (bicyclic) bond motifs is 1. The number of ether oxygens (including phenoxy) is 1. The molecule has 2 atom stereocenters. The molecular formula is C16H18N2O3S2. The fourth-order valence-electron chi connectivity index (χ4n) is 2.66. The van der Waals surface area contributed by atoms with E-state index in [9.17, 15) is 9.59 Å². The van der Waals surface area contributed by atoms with E-state index in [-0.39, 0.29) is 17.3 Å². The molecule has 3 heterocycles. The summed E-state index contributed by atoms with van der Waals surface area (Å²) in [5, 5.41) is 2.42. The molecule has 1 saturated heterocycles. The minimum atomic E-state index is -0.446. The number of carbonyl (C=O) groups is 2. The van der Waals surface area contributed by atoms with Crippen molar-refractivity contribution in [3.63, 3.8) is 0 Å². The fraction of sp³-hybridized carbons (Fsp3) is 0.438. The van der Waals surface area contributed by atoms with Gasteiger partial charge in [0.2, 0.25) is 5.91 Å². The van der Waals surface area contributed by atoms with Gasteiger partial charge in [-0.1, -0.05) is 17.8 Å². The van der Waals surface area contributed by atoms with Gasteiger partial charge in [-0.2, -0.15) is 0 Å². The Labute approximate surface area is 143 Å². The SMILES string of the molecule is CC1=C(C(=O)OC(C)C)[C@@H](c2cccs2)N2C(=O)[C@@H](C)SC2=N1. The highest BCUT2D eigenvalue weighted by atomic mass is 32.2. The summed E-state index contributed by atoms with van der Waals surface area (Å²) < 4.78 is 5.39. The van der Waals surface area contributed by atoms with Crippen molar-refractivity contribution in [3.8, 4) is 0 Å². The molecular weight excluding hydrogens is 332 g/mol. The van der Waals surface area contributed by atoms with Crippen LogP contribution in [0.4, 0.5) is 0 Å². The van der Waals surface area contributed by atoms with Crippen molar-refractivity contribution in [1.29, 1.82) is 0 Å². The van der Waals surface area contributed by atoms with Crippen molar-refractivity contribution in [2.24, 2.45) is 4.99 Å². The molecule has 1 aromatic rings. The number of nitrogens with zero attached hydrogens (tertiary/aromatic N) is 2. The van der Waals surface area contributed by atoms with Crippen LogP contribution in [-0.4, -0.2) is 33.3 Å². The summed E-state index contributed by atoms with van der Waals surface area (Å²) in [6.07, 6.45) is -0.222. The first-order valence-corrected chi connectivity index (χ1v) is 9.19. The third-order valence-electron chi connectivity index (χ3n) is 3.63. The number of carbonyl (C=O) groups excluding carboxylic acids is 2. The van der Waals surface area contributed by atoms with E-state index in [1.165, 1.54) is 23.1 Å². The smallest absolute Gasteiger partial charge is 0.338 e. The predicted octanol–water partition coefficient (Wildman–Crippen LogP) is 3.35. The summed E-state index contributed by atoms with van der Waals surface area (Å²) in [5.74, 6) is -0.425. The Balaban J connectivity index is 2.10. The molecule has 0 saturated carbocycles. The molecule has 1 amide bonds. The Morgan fingerprint density at radius 3 is 2.78 bits per heavy atom. The average Bonchev–Trinajstić information content (AvgIpc) is 3.06. The highest BCUT2D eigenvalue weighted by Gasteiger charge is 2.46. The number of thiophene rings is 1. The molecule has 23 heavy (non-hydrogen) atoms. The lowest BCUT2D eigenvalue weighted by molar-refractivity contribution is -0.143. The highest BCUT2D eigenvalue weighted by Crippen LogP contribution is 2.44. The number of thioether (sulfide) groups is 1. The number of amidine groups is 1. The van der Waals surface area contributed by atoms with Gasteiger partial charge in [-0.15, -0.1) is 11.3 Å². The first-order valence-electron chi connectivity index (χ1n) is 7.43. The summed E-state index contributed by atoms with van der Waals surface area (Å²) >= 11 is 2.96. The summed E-state index contributed by atoms with van der Waals surface area (Å²) in [6, 6.07) is 3.41. The predicted molar refractivity (Wildman–Crippen MR) is 92.3 cm³/mol. The van der Waals surface area contributed by atoms with E-state index in [1.807, 2.05) is 38.3 Å². The van der Waals surface area contributed by atoms with Crippen LogP contribution in [0.25, 0.3) is 0 Å². The number of hydrogen-bond donors (Lipinski definition) is 0. The second-order valence-electron chi connectivity index (χ2n) is 5.73. The van der Waals surface area contributed by atoms with E-state index in [2.05, 4.69) is 4.99 Å². The van der Waals surface area contributed by atoms with Gasteiger partial charge >= 0.3 is 5.97 Å². The molecule has 0 spiro atoms. The lowest BCUT2D eigenvalue weighted by atomic mass is 10.00. The fourth-order valence-corrected chi connectivity index (χ4v) is 4.51. The van der Waals surface area contributed by atoms with Gasteiger partial charge in [0.05, 0.1) is 22.6 Å². The number of esters is 1. The zero-order valence-corrected chi connectivity index (χ0v) is 15.0. The lowest BCUT2D eigenvalue weighted by Crippen LogP contribution is -2.40. The average molecular weight is 350 g/mol. The second-order valence-corrected chi connectivity index (χ2v) is 8.02. The molecule has 7 heteroatoms. The van der Waals surface area contributed by atoms with Gasteiger partial charge in [0, 0.05) is 4.88 Å². The first-order chi connectivity index (χ1) is 10.9. The molecule has 0 radical (unpaired) electrons. The molecule has 0 aromatic carbocycles. The van der Waals surface area contributed by atoms with E-state index in [4.69, 9.17) is 4.74 Å². The van der Waals surface area contributed by atoms with Crippen LogP contribution in [0.15, 0.2) is 33.8 Å². The topological polar surface area (TPSA) is 59.0 Å². The van der Waals surface area contributed by atoms with Crippen molar-refractivity contribution in [2.75, 3.05) is 0 Å². The van der Waals surface area contributed by atoms with Crippen molar-refractivity contribution in [1.82, 2.24) is 4.90 Å². The van der Waals surface area contributed by atoms with Crippen LogP contribution >= 0.6 is 23.1 Å². The standard InChI is InChI=1S/C16H18N2O3S2/c1-8(2)21-15(20)12-9(3)17-16-18(14(19)10(4)23-16)13(12)11-6-5-7-22-11/h5-8,10,13H,1-4H3/t10-,13-/m1/s1. The summed E-state index contributed by atoms with van der Waals surface area (Å²) in [5.41, 5.74) is 1.07. The molecule has 0 bridgehead atoms. The molecule has 1 fully saturated rings. The number of allylic oxidation sites excluding steroid dienone is 1. The molecule has 122 valence electrons. The van der Waals surface area contributed by atoms with E-state index in [1.54, 1.807) is 11.8 Å². The maximum atomic E-state index is 12.6. The van der Waals surface area contributed by atoms with E-state index < -0.39 is 12.0 Å². The van der Waals surface area contributed by atoms with Crippen molar-refractivity contribution in [3.05, 3.63) is 33.7 Å². The van der Waals surface area contributed by atoms with Crippen LogP contribution in [-0.2, 0) is 14.3 Å². The van der Waals surface area contributed by atoms with Crippen molar-refractivity contribution >= 4 is 40.1 Å². The highest BCUT2D eigenvalue weighted by molar-refractivity contribution is 8.15. The maximum Gasteiger partial charge on any atom is 0.338 e. The number of hydrogen-bond acceptors (Lipinski definition) is 6. The Hall–Kier alpha value is -1.60. The Kier molecular flexibility index (Phi) is 4.33. The molecule has 0 unspecified atom stereocenters. The van der Waals surface area contributed by atoms with Crippen molar-refractivity contribution < 1.29 is 14.3 Å². The van der Waals surface area contributed by atoms with Crippen molar-refractivity contribution in [2.45, 2.75) is 45.1 Å². The van der Waals surface area contributed by atoms with E-state index >= 15 is 0 Å². The number of amides is 1. The maximum absolute atomic E-state index is 12.6. The zero-order chi connectivity index (χ0) is 16.7. The van der Waals surface area contributed by atoms with Crippen LogP contribution in [0.3, 0.4) is 0 Å². The lowest BCUT2D eigenvalue weighted by Gasteiger charge is -2.32. The molecule has 3 rings (SSSR count). The monoisotopic (exact) mass is 350 g/mol. The van der Waals surface area contributed by atoms with Crippen LogP contribution in [0.1, 0.15) is 38.6 Å². The molecule has 1 aromatic heterocycles. The van der Waals surface area contributed by atoms with Gasteiger partial charge in [0.1, 0.15) is 6.04 Å². The molecule has 0 N–H and O–H groups in total. The molecule has 2 aliphatic heterocycles. The molecule has 0 aliphatic carbocycles. The minimum absolute atomic E-state index is 0.0190. The Morgan fingerprint density at radius 1 is 1.43 bits per heavy atom. The normalized spacial score (nSPS) is 24.1. The zero-order valence-electron chi connectivity index (χ0n) is 13.4. The third kappa shape index (κ3) is 2.83. The quantitative estimate of drug-likeness (QED) is 0.785. The van der Waals surface area contributed by atoms with Gasteiger partial charge in [0.25, 0.3) is 0 Å². The largest absolute Gasteiger partial charge is 0.459 e. The van der Waals surface area contributed by atoms with Crippen LogP contribution in [0.2, 0.25) is 0 Å². The summed E-state index contributed by atoms with van der Waals surface area (Å²) in [6.45, 7) is 7.28. The van der Waals surface area contributed by atoms with Crippen LogP contribution in [0, 0.1) is 0 Å². The molecule has 2 aliphatic rings. The first kappa shape index (κ1) is 16.3. The van der Waals surface area contributed by atoms with Gasteiger partial charge in [-0.05, 0) is 39.1 Å². The third-order valence-corrected chi connectivity index (χ3v) is 5.61.